The summed E-state index contributed by atoms with van der Waals surface area (Å²) in [4.78, 5) is 18.0. The summed E-state index contributed by atoms with van der Waals surface area (Å²) in [6.45, 7) is 4.12. The highest BCUT2D eigenvalue weighted by molar-refractivity contribution is 7.98. The molecule has 0 aliphatic rings. The molecule has 0 saturated carbocycles. The average Bonchev–Trinajstić information content (AvgIpc) is 2.69. The van der Waals surface area contributed by atoms with Crippen molar-refractivity contribution >= 4 is 22.7 Å². The summed E-state index contributed by atoms with van der Waals surface area (Å²) in [6, 6.07) is 24.0. The molecule has 4 heteroatoms. The van der Waals surface area contributed by atoms with Gasteiger partial charge in [0, 0.05) is 5.75 Å². The van der Waals surface area contributed by atoms with Crippen LogP contribution in [0, 0.1) is 13.8 Å². The average molecular weight is 372 g/mol. The van der Waals surface area contributed by atoms with Gasteiger partial charge in [0.25, 0.3) is 5.56 Å². The fourth-order valence-corrected chi connectivity index (χ4v) is 3.93. The molecule has 0 bridgehead atoms. The van der Waals surface area contributed by atoms with E-state index in [0.717, 1.165) is 22.5 Å². The van der Waals surface area contributed by atoms with Crippen LogP contribution in [0.5, 0.6) is 0 Å². The fourth-order valence-electron chi connectivity index (χ4n) is 2.96. The third-order valence-electron chi connectivity index (χ3n) is 4.53. The second kappa shape index (κ2) is 7.41. The first-order valence-electron chi connectivity index (χ1n) is 8.89. The van der Waals surface area contributed by atoms with Crippen molar-refractivity contribution in [3.8, 4) is 5.69 Å². The fraction of sp³-hybridized carbons (Fsp3) is 0.130. The van der Waals surface area contributed by atoms with Gasteiger partial charge in [-0.1, -0.05) is 71.4 Å². The molecule has 1 heterocycles. The lowest BCUT2D eigenvalue weighted by molar-refractivity contribution is 0.819. The second-order valence-electron chi connectivity index (χ2n) is 6.66. The Morgan fingerprint density at radius 3 is 2.19 bits per heavy atom. The first-order chi connectivity index (χ1) is 13.1. The van der Waals surface area contributed by atoms with Gasteiger partial charge < -0.3 is 0 Å². The Morgan fingerprint density at radius 2 is 1.48 bits per heavy atom. The topological polar surface area (TPSA) is 34.9 Å². The number of para-hydroxylation sites is 1. The van der Waals surface area contributed by atoms with Crippen molar-refractivity contribution in [3.63, 3.8) is 0 Å². The minimum absolute atomic E-state index is 0.0316. The number of thioether (sulfide) groups is 1. The van der Waals surface area contributed by atoms with Crippen molar-refractivity contribution in [2.45, 2.75) is 24.8 Å². The molecule has 0 aliphatic heterocycles. The normalized spacial score (nSPS) is 11.0. The van der Waals surface area contributed by atoms with Gasteiger partial charge in [-0.15, -0.1) is 0 Å². The van der Waals surface area contributed by atoms with E-state index in [-0.39, 0.29) is 5.56 Å². The highest BCUT2D eigenvalue weighted by Gasteiger charge is 2.13. The second-order valence-corrected chi connectivity index (χ2v) is 7.60. The van der Waals surface area contributed by atoms with Crippen molar-refractivity contribution in [2.75, 3.05) is 0 Å². The third kappa shape index (κ3) is 3.67. The maximum atomic E-state index is 13.2. The molecule has 0 aliphatic carbocycles. The molecule has 3 aromatic carbocycles. The highest BCUT2D eigenvalue weighted by atomic mass is 32.2. The summed E-state index contributed by atoms with van der Waals surface area (Å²) in [5.41, 5.74) is 5.16. The zero-order chi connectivity index (χ0) is 18.8. The van der Waals surface area contributed by atoms with E-state index in [4.69, 9.17) is 4.98 Å². The largest absolute Gasteiger partial charge is 0.268 e. The smallest absolute Gasteiger partial charge is 0.266 e. The first kappa shape index (κ1) is 17.6. The number of benzene rings is 3. The van der Waals surface area contributed by atoms with Crippen LogP contribution >= 0.6 is 11.8 Å². The molecule has 4 aromatic rings. The Labute approximate surface area is 162 Å². The van der Waals surface area contributed by atoms with Crippen molar-refractivity contribution in [3.05, 3.63) is 99.8 Å². The molecule has 0 atom stereocenters. The number of hydrogen-bond donors (Lipinski definition) is 0. The van der Waals surface area contributed by atoms with Gasteiger partial charge in [-0.3, -0.25) is 9.36 Å². The van der Waals surface area contributed by atoms with Crippen LogP contribution in [0.15, 0.2) is 82.7 Å². The summed E-state index contributed by atoms with van der Waals surface area (Å²) < 4.78 is 1.72. The van der Waals surface area contributed by atoms with E-state index in [2.05, 4.69) is 31.2 Å². The van der Waals surface area contributed by atoms with Gasteiger partial charge in [-0.25, -0.2) is 4.98 Å². The maximum Gasteiger partial charge on any atom is 0.266 e. The molecule has 3 nitrogen and oxygen atoms in total. The van der Waals surface area contributed by atoms with Crippen molar-refractivity contribution in [1.29, 1.82) is 0 Å². The van der Waals surface area contributed by atoms with Gasteiger partial charge in [0.15, 0.2) is 5.16 Å². The number of rotatable bonds is 4. The standard InChI is InChI=1S/C23H20N2OS/c1-16-7-11-18(12-8-16)15-27-23-24-21-6-4-3-5-20(21)22(26)25(23)19-13-9-17(2)10-14-19/h3-14H,15H2,1-2H3. The molecule has 134 valence electrons. The number of hydrogen-bond acceptors (Lipinski definition) is 3. The lowest BCUT2D eigenvalue weighted by Gasteiger charge is -2.13. The highest BCUT2D eigenvalue weighted by Crippen LogP contribution is 2.25. The summed E-state index contributed by atoms with van der Waals surface area (Å²) in [7, 11) is 0. The van der Waals surface area contributed by atoms with Crippen molar-refractivity contribution in [1.82, 2.24) is 9.55 Å². The van der Waals surface area contributed by atoms with Crippen LogP contribution in [-0.4, -0.2) is 9.55 Å². The van der Waals surface area contributed by atoms with Gasteiger partial charge in [0.1, 0.15) is 0 Å². The van der Waals surface area contributed by atoms with E-state index >= 15 is 0 Å². The Balaban J connectivity index is 1.81. The molecule has 0 radical (unpaired) electrons. The van der Waals surface area contributed by atoms with Crippen LogP contribution in [-0.2, 0) is 5.75 Å². The number of fused-ring (bicyclic) bond motifs is 1. The van der Waals surface area contributed by atoms with E-state index < -0.39 is 0 Å². The zero-order valence-corrected chi connectivity index (χ0v) is 16.2. The predicted octanol–water partition coefficient (Wildman–Crippen LogP) is 5.29. The van der Waals surface area contributed by atoms with Crippen LogP contribution < -0.4 is 5.56 Å². The van der Waals surface area contributed by atoms with Crippen LogP contribution in [0.2, 0.25) is 0 Å². The zero-order valence-electron chi connectivity index (χ0n) is 15.3. The SMILES string of the molecule is Cc1ccc(CSc2nc3ccccc3c(=O)n2-c2ccc(C)cc2)cc1. The number of nitrogens with zero attached hydrogens (tertiary/aromatic N) is 2. The van der Waals surface area contributed by atoms with Gasteiger partial charge >= 0.3 is 0 Å². The maximum absolute atomic E-state index is 13.2. The van der Waals surface area contributed by atoms with Gasteiger partial charge in [-0.05, 0) is 43.7 Å². The molecule has 27 heavy (non-hydrogen) atoms. The molecule has 4 rings (SSSR count). The molecule has 0 spiro atoms. The summed E-state index contributed by atoms with van der Waals surface area (Å²) >= 11 is 1.59. The Hall–Kier alpha value is -2.85. The summed E-state index contributed by atoms with van der Waals surface area (Å²) in [5, 5.41) is 1.35. The van der Waals surface area contributed by atoms with Gasteiger partial charge in [0.05, 0.1) is 16.6 Å². The van der Waals surface area contributed by atoms with E-state index in [0.29, 0.717) is 10.5 Å². The van der Waals surface area contributed by atoms with Crippen LogP contribution in [0.25, 0.3) is 16.6 Å². The monoisotopic (exact) mass is 372 g/mol. The molecule has 0 amide bonds. The minimum Gasteiger partial charge on any atom is -0.268 e. The van der Waals surface area contributed by atoms with E-state index in [1.165, 1.54) is 11.1 Å². The molecule has 1 aromatic heterocycles. The lowest BCUT2D eigenvalue weighted by Crippen LogP contribution is -2.21. The quantitative estimate of drug-likeness (QED) is 0.360. The predicted molar refractivity (Wildman–Crippen MR) is 113 cm³/mol. The van der Waals surface area contributed by atoms with Crippen LogP contribution in [0.3, 0.4) is 0 Å². The molecular formula is C23H20N2OS. The Bertz CT molecular complexity index is 1150. The Kier molecular flexibility index (Phi) is 4.82. The number of aryl methyl sites for hydroxylation is 2. The van der Waals surface area contributed by atoms with E-state index in [1.807, 2.05) is 55.5 Å². The molecule has 0 saturated heterocycles. The molecule has 0 unspecified atom stereocenters. The summed E-state index contributed by atoms with van der Waals surface area (Å²) in [5.74, 6) is 0.761. The van der Waals surface area contributed by atoms with Gasteiger partial charge in [0.2, 0.25) is 0 Å². The van der Waals surface area contributed by atoms with Crippen LogP contribution in [0.1, 0.15) is 16.7 Å². The molecule has 0 fully saturated rings. The lowest BCUT2D eigenvalue weighted by atomic mass is 10.2. The Morgan fingerprint density at radius 1 is 0.852 bits per heavy atom. The molecular weight excluding hydrogens is 352 g/mol. The summed E-state index contributed by atoms with van der Waals surface area (Å²) in [6.07, 6.45) is 0. The minimum atomic E-state index is -0.0316. The van der Waals surface area contributed by atoms with Gasteiger partial charge in [-0.2, -0.15) is 0 Å². The van der Waals surface area contributed by atoms with E-state index in [1.54, 1.807) is 16.3 Å². The molecule has 0 N–H and O–H groups in total. The van der Waals surface area contributed by atoms with Crippen molar-refractivity contribution < 1.29 is 0 Å². The third-order valence-corrected chi connectivity index (χ3v) is 5.54. The first-order valence-corrected chi connectivity index (χ1v) is 9.87. The van der Waals surface area contributed by atoms with E-state index in [9.17, 15) is 4.79 Å². The number of aromatic nitrogens is 2. The van der Waals surface area contributed by atoms with Crippen molar-refractivity contribution in [2.24, 2.45) is 0 Å². The van der Waals surface area contributed by atoms with Crippen LogP contribution in [0.4, 0.5) is 0 Å².